The number of hydrogen-bond donors (Lipinski definition) is 0. The molecule has 1 unspecified atom stereocenters. The summed E-state index contributed by atoms with van der Waals surface area (Å²) in [6.45, 7) is 4.47. The van der Waals surface area contributed by atoms with Gasteiger partial charge in [-0.1, -0.05) is 6.92 Å². The van der Waals surface area contributed by atoms with Crippen molar-refractivity contribution in [2.75, 3.05) is 20.1 Å². The molecule has 1 saturated heterocycles. The first-order valence-corrected chi connectivity index (χ1v) is 5.55. The van der Waals surface area contributed by atoms with Gasteiger partial charge in [0.15, 0.2) is 0 Å². The van der Waals surface area contributed by atoms with E-state index in [1.165, 1.54) is 4.90 Å². The van der Waals surface area contributed by atoms with E-state index in [0.717, 1.165) is 0 Å². The summed E-state index contributed by atoms with van der Waals surface area (Å²) < 4.78 is 0. The maximum absolute atomic E-state index is 11.5. The fourth-order valence-corrected chi connectivity index (χ4v) is 1.66. The molecule has 1 heterocycles. The van der Waals surface area contributed by atoms with Crippen molar-refractivity contribution in [3.63, 3.8) is 0 Å². The van der Waals surface area contributed by atoms with Crippen LogP contribution < -0.4 is 0 Å². The van der Waals surface area contributed by atoms with E-state index < -0.39 is 0 Å². The third kappa shape index (κ3) is 2.59. The molecule has 1 fully saturated rings. The van der Waals surface area contributed by atoms with E-state index in [1.54, 1.807) is 18.9 Å². The van der Waals surface area contributed by atoms with Gasteiger partial charge in [0.05, 0.1) is 0 Å². The first-order chi connectivity index (χ1) is 7.47. The number of carbonyl (C=O) groups is 3. The van der Waals surface area contributed by atoms with Crippen molar-refractivity contribution in [3.05, 3.63) is 0 Å². The number of carbonyl (C=O) groups excluding carboxylic acids is 3. The lowest BCUT2D eigenvalue weighted by molar-refractivity contribution is -0.140. The third-order valence-corrected chi connectivity index (χ3v) is 2.92. The molecule has 3 amide bonds. The van der Waals surface area contributed by atoms with Gasteiger partial charge in [-0.2, -0.15) is 0 Å². The van der Waals surface area contributed by atoms with Crippen LogP contribution in [0.5, 0.6) is 0 Å². The molecule has 16 heavy (non-hydrogen) atoms. The van der Waals surface area contributed by atoms with Crippen LogP contribution in [0, 0.1) is 5.92 Å². The van der Waals surface area contributed by atoms with Crippen molar-refractivity contribution < 1.29 is 14.4 Å². The van der Waals surface area contributed by atoms with Crippen molar-refractivity contribution in [1.82, 2.24) is 9.80 Å². The zero-order valence-corrected chi connectivity index (χ0v) is 10.0. The maximum Gasteiger partial charge on any atom is 0.232 e. The van der Waals surface area contributed by atoms with Crippen molar-refractivity contribution in [2.24, 2.45) is 5.92 Å². The average molecular weight is 226 g/mol. The van der Waals surface area contributed by atoms with Crippen molar-refractivity contribution >= 4 is 17.7 Å². The molecule has 1 atom stereocenters. The highest BCUT2D eigenvalue weighted by molar-refractivity contribution is 6.03. The molecule has 0 aromatic rings. The molecule has 0 spiro atoms. The van der Waals surface area contributed by atoms with Crippen LogP contribution in [0.4, 0.5) is 0 Å². The summed E-state index contributed by atoms with van der Waals surface area (Å²) in [4.78, 5) is 37.3. The molecule has 0 N–H and O–H groups in total. The van der Waals surface area contributed by atoms with Gasteiger partial charge in [0.2, 0.25) is 17.7 Å². The first-order valence-electron chi connectivity index (χ1n) is 5.55. The van der Waals surface area contributed by atoms with E-state index in [0.29, 0.717) is 6.54 Å². The highest BCUT2D eigenvalue weighted by Crippen LogP contribution is 2.18. The lowest BCUT2D eigenvalue weighted by Crippen LogP contribution is -2.35. The SMILES string of the molecule is CCN(C)C(=O)CCN1C(=O)CC(C)C1=O. The molecule has 0 aromatic heterocycles. The largest absolute Gasteiger partial charge is 0.346 e. The molecule has 0 aliphatic carbocycles. The average Bonchev–Trinajstić information content (AvgIpc) is 2.49. The van der Waals surface area contributed by atoms with Crippen LogP contribution >= 0.6 is 0 Å². The Hall–Kier alpha value is -1.39. The Bertz CT molecular complexity index is 314. The second-order valence-electron chi connectivity index (χ2n) is 4.15. The third-order valence-electron chi connectivity index (χ3n) is 2.92. The van der Waals surface area contributed by atoms with Gasteiger partial charge < -0.3 is 4.90 Å². The predicted molar refractivity (Wildman–Crippen MR) is 58.4 cm³/mol. The van der Waals surface area contributed by atoms with E-state index in [2.05, 4.69) is 0 Å². The highest BCUT2D eigenvalue weighted by atomic mass is 16.2. The minimum absolute atomic E-state index is 0.0392. The quantitative estimate of drug-likeness (QED) is 0.646. The summed E-state index contributed by atoms with van der Waals surface area (Å²) in [5, 5.41) is 0. The summed E-state index contributed by atoms with van der Waals surface area (Å²) in [6, 6.07) is 0. The summed E-state index contributed by atoms with van der Waals surface area (Å²) in [6.07, 6.45) is 0.491. The van der Waals surface area contributed by atoms with Crippen molar-refractivity contribution in [2.45, 2.75) is 26.7 Å². The van der Waals surface area contributed by atoms with Crippen LogP contribution in [0.1, 0.15) is 26.7 Å². The Morgan fingerprint density at radius 2 is 2.12 bits per heavy atom. The van der Waals surface area contributed by atoms with Gasteiger partial charge in [-0.05, 0) is 6.92 Å². The van der Waals surface area contributed by atoms with Gasteiger partial charge in [-0.25, -0.2) is 0 Å². The minimum Gasteiger partial charge on any atom is -0.346 e. The second-order valence-corrected chi connectivity index (χ2v) is 4.15. The molecule has 0 bridgehead atoms. The zero-order chi connectivity index (χ0) is 12.3. The molecular weight excluding hydrogens is 208 g/mol. The number of likely N-dealkylation sites (tertiary alicyclic amines) is 1. The smallest absolute Gasteiger partial charge is 0.232 e. The summed E-state index contributed by atoms with van der Waals surface area (Å²) in [7, 11) is 1.71. The van der Waals surface area contributed by atoms with Crippen LogP contribution in [-0.4, -0.2) is 47.7 Å². The summed E-state index contributed by atoms with van der Waals surface area (Å²) >= 11 is 0. The van der Waals surface area contributed by atoms with Gasteiger partial charge in [0.1, 0.15) is 0 Å². The van der Waals surface area contributed by atoms with Gasteiger partial charge in [0, 0.05) is 38.9 Å². The van der Waals surface area contributed by atoms with E-state index in [4.69, 9.17) is 0 Å². The molecule has 0 aromatic carbocycles. The van der Waals surface area contributed by atoms with Gasteiger partial charge in [-0.3, -0.25) is 19.3 Å². The van der Waals surface area contributed by atoms with E-state index in [9.17, 15) is 14.4 Å². The Labute approximate surface area is 95.4 Å². The fourth-order valence-electron chi connectivity index (χ4n) is 1.66. The van der Waals surface area contributed by atoms with Crippen molar-refractivity contribution in [1.29, 1.82) is 0 Å². The number of amides is 3. The second kappa shape index (κ2) is 5.09. The zero-order valence-electron chi connectivity index (χ0n) is 10.0. The molecule has 1 aliphatic heterocycles. The fraction of sp³-hybridized carbons (Fsp3) is 0.727. The summed E-state index contributed by atoms with van der Waals surface area (Å²) in [5.41, 5.74) is 0. The maximum atomic E-state index is 11.5. The minimum atomic E-state index is -0.230. The molecule has 5 nitrogen and oxygen atoms in total. The van der Waals surface area contributed by atoms with E-state index >= 15 is 0 Å². The Balaban J connectivity index is 2.47. The Morgan fingerprint density at radius 3 is 2.56 bits per heavy atom. The normalized spacial score (nSPS) is 20.4. The highest BCUT2D eigenvalue weighted by Gasteiger charge is 2.35. The number of rotatable bonds is 4. The van der Waals surface area contributed by atoms with Crippen LogP contribution in [0.15, 0.2) is 0 Å². The Morgan fingerprint density at radius 1 is 1.50 bits per heavy atom. The molecule has 0 radical (unpaired) electrons. The number of hydrogen-bond acceptors (Lipinski definition) is 3. The van der Waals surface area contributed by atoms with Gasteiger partial charge in [0.25, 0.3) is 0 Å². The number of nitrogens with zero attached hydrogens (tertiary/aromatic N) is 2. The van der Waals surface area contributed by atoms with Gasteiger partial charge in [-0.15, -0.1) is 0 Å². The monoisotopic (exact) mass is 226 g/mol. The van der Waals surface area contributed by atoms with Crippen LogP contribution in [0.2, 0.25) is 0 Å². The predicted octanol–water partition coefficient (Wildman–Crippen LogP) is 0.250. The lowest BCUT2D eigenvalue weighted by atomic mass is 10.1. The molecule has 1 rings (SSSR count). The molecule has 90 valence electrons. The molecule has 1 aliphatic rings. The van der Waals surface area contributed by atoms with Gasteiger partial charge >= 0.3 is 0 Å². The lowest BCUT2D eigenvalue weighted by Gasteiger charge is -2.17. The standard InChI is InChI=1S/C11H18N2O3/c1-4-12(3)9(14)5-6-13-10(15)7-8(2)11(13)16/h8H,4-7H2,1-3H3. The van der Waals surface area contributed by atoms with E-state index in [-0.39, 0.29) is 43.0 Å². The molecule has 0 saturated carbocycles. The van der Waals surface area contributed by atoms with Crippen molar-refractivity contribution in [3.8, 4) is 0 Å². The first kappa shape index (κ1) is 12.7. The van der Waals surface area contributed by atoms with Crippen LogP contribution in [-0.2, 0) is 14.4 Å². The van der Waals surface area contributed by atoms with Crippen LogP contribution in [0.25, 0.3) is 0 Å². The van der Waals surface area contributed by atoms with Crippen LogP contribution in [0.3, 0.4) is 0 Å². The molecular formula is C11H18N2O3. The molecule has 5 heteroatoms. The Kier molecular flexibility index (Phi) is 4.04. The number of imide groups is 1. The topological polar surface area (TPSA) is 57.7 Å². The van der Waals surface area contributed by atoms with E-state index in [1.807, 2.05) is 6.92 Å². The summed E-state index contributed by atoms with van der Waals surface area (Å²) in [5.74, 6) is -0.587.